The molecule has 5 heteroatoms. The fourth-order valence-electron chi connectivity index (χ4n) is 2.37. The second kappa shape index (κ2) is 7.93. The molecule has 1 aromatic carbocycles. The SMILES string of the molecule is Cc1ccc(C(=O)NCC(O)c2ccc(OC(C)C)cc2)c(C)n1. The van der Waals surface area contributed by atoms with E-state index in [0.717, 1.165) is 17.0 Å². The van der Waals surface area contributed by atoms with Crippen molar-refractivity contribution in [2.24, 2.45) is 0 Å². The Balaban J connectivity index is 1.94. The highest BCUT2D eigenvalue weighted by atomic mass is 16.5. The molecule has 1 atom stereocenters. The van der Waals surface area contributed by atoms with Crippen molar-refractivity contribution in [1.29, 1.82) is 0 Å². The van der Waals surface area contributed by atoms with Crippen molar-refractivity contribution in [3.8, 4) is 5.75 Å². The Bertz CT molecular complexity index is 696. The summed E-state index contributed by atoms with van der Waals surface area (Å²) in [6.45, 7) is 7.73. The Labute approximate surface area is 142 Å². The summed E-state index contributed by atoms with van der Waals surface area (Å²) in [7, 11) is 0. The molecule has 0 aliphatic heterocycles. The van der Waals surface area contributed by atoms with E-state index >= 15 is 0 Å². The molecule has 1 unspecified atom stereocenters. The van der Waals surface area contributed by atoms with Crippen molar-refractivity contribution >= 4 is 5.91 Å². The Morgan fingerprint density at radius 3 is 2.42 bits per heavy atom. The maximum atomic E-state index is 12.2. The standard InChI is InChI=1S/C19H24N2O3/c1-12(2)24-16-8-6-15(7-9-16)18(22)11-20-19(23)17-10-5-13(3)21-14(17)4/h5-10,12,18,22H,11H2,1-4H3,(H,20,23). The molecule has 128 valence electrons. The van der Waals surface area contributed by atoms with Crippen LogP contribution >= 0.6 is 0 Å². The molecule has 2 aromatic rings. The minimum atomic E-state index is -0.777. The zero-order chi connectivity index (χ0) is 17.7. The second-order valence-electron chi connectivity index (χ2n) is 6.05. The number of carbonyl (C=O) groups is 1. The summed E-state index contributed by atoms with van der Waals surface area (Å²) in [6, 6.07) is 10.8. The number of nitrogens with zero attached hydrogens (tertiary/aromatic N) is 1. The van der Waals surface area contributed by atoms with Crippen molar-refractivity contribution in [2.45, 2.75) is 39.9 Å². The summed E-state index contributed by atoms with van der Waals surface area (Å²) in [5, 5.41) is 13.0. The number of amides is 1. The monoisotopic (exact) mass is 328 g/mol. The highest BCUT2D eigenvalue weighted by Crippen LogP contribution is 2.18. The fourth-order valence-corrected chi connectivity index (χ4v) is 2.37. The van der Waals surface area contributed by atoms with E-state index < -0.39 is 6.10 Å². The lowest BCUT2D eigenvalue weighted by atomic mass is 10.1. The lowest BCUT2D eigenvalue weighted by Gasteiger charge is -2.14. The highest BCUT2D eigenvalue weighted by Gasteiger charge is 2.13. The molecule has 2 N–H and O–H groups in total. The van der Waals surface area contributed by atoms with Gasteiger partial charge in [0, 0.05) is 12.2 Å². The predicted molar refractivity (Wildman–Crippen MR) is 93.2 cm³/mol. The zero-order valence-electron chi connectivity index (χ0n) is 14.5. The quantitative estimate of drug-likeness (QED) is 0.855. The van der Waals surface area contributed by atoms with E-state index in [9.17, 15) is 9.90 Å². The van der Waals surface area contributed by atoms with Gasteiger partial charge in [-0.25, -0.2) is 0 Å². The summed E-state index contributed by atoms with van der Waals surface area (Å²) in [4.78, 5) is 16.5. The van der Waals surface area contributed by atoms with Crippen molar-refractivity contribution in [2.75, 3.05) is 6.54 Å². The first kappa shape index (κ1) is 17.9. The number of benzene rings is 1. The Kier molecular flexibility index (Phi) is 5.93. The maximum Gasteiger partial charge on any atom is 0.253 e. The van der Waals surface area contributed by atoms with Crippen LogP contribution < -0.4 is 10.1 Å². The zero-order valence-corrected chi connectivity index (χ0v) is 14.5. The number of aliphatic hydroxyl groups is 1. The third-order valence-electron chi connectivity index (χ3n) is 3.56. The van der Waals surface area contributed by atoms with Gasteiger partial charge in [-0.05, 0) is 57.5 Å². The lowest BCUT2D eigenvalue weighted by molar-refractivity contribution is 0.0915. The van der Waals surface area contributed by atoms with Gasteiger partial charge in [-0.3, -0.25) is 9.78 Å². The van der Waals surface area contributed by atoms with Crippen LogP contribution in [0.2, 0.25) is 0 Å². The molecule has 0 saturated heterocycles. The molecule has 0 radical (unpaired) electrons. The second-order valence-corrected chi connectivity index (χ2v) is 6.05. The van der Waals surface area contributed by atoms with E-state index in [1.54, 1.807) is 31.2 Å². The smallest absolute Gasteiger partial charge is 0.253 e. The molecular weight excluding hydrogens is 304 g/mol. The Hall–Kier alpha value is -2.40. The molecule has 0 bridgehead atoms. The number of ether oxygens (including phenoxy) is 1. The highest BCUT2D eigenvalue weighted by molar-refractivity contribution is 5.95. The van der Waals surface area contributed by atoms with Crippen LogP contribution in [-0.4, -0.2) is 28.6 Å². The van der Waals surface area contributed by atoms with Crippen LogP contribution in [-0.2, 0) is 0 Å². The molecule has 5 nitrogen and oxygen atoms in total. The van der Waals surface area contributed by atoms with E-state index in [-0.39, 0.29) is 18.6 Å². The van der Waals surface area contributed by atoms with Crippen molar-refractivity contribution in [3.05, 3.63) is 58.9 Å². The van der Waals surface area contributed by atoms with Gasteiger partial charge >= 0.3 is 0 Å². The molecule has 1 amide bonds. The van der Waals surface area contributed by atoms with Crippen LogP contribution in [0.5, 0.6) is 5.75 Å². The van der Waals surface area contributed by atoms with E-state index in [4.69, 9.17) is 4.74 Å². The first-order valence-electron chi connectivity index (χ1n) is 8.04. The van der Waals surface area contributed by atoms with Gasteiger partial charge in [-0.2, -0.15) is 0 Å². The summed E-state index contributed by atoms with van der Waals surface area (Å²) >= 11 is 0. The first-order chi connectivity index (χ1) is 11.4. The number of aliphatic hydroxyl groups excluding tert-OH is 1. The number of rotatable bonds is 6. The molecule has 0 saturated carbocycles. The maximum absolute atomic E-state index is 12.2. The van der Waals surface area contributed by atoms with Gasteiger partial charge in [0.25, 0.3) is 5.91 Å². The topological polar surface area (TPSA) is 71.5 Å². The van der Waals surface area contributed by atoms with Gasteiger partial charge in [0.15, 0.2) is 0 Å². The average Bonchev–Trinajstić information content (AvgIpc) is 2.52. The Morgan fingerprint density at radius 1 is 1.17 bits per heavy atom. The van der Waals surface area contributed by atoms with E-state index in [1.807, 2.05) is 32.9 Å². The van der Waals surface area contributed by atoms with Crippen molar-refractivity contribution in [1.82, 2.24) is 10.3 Å². The third-order valence-corrected chi connectivity index (χ3v) is 3.56. The summed E-state index contributed by atoms with van der Waals surface area (Å²) in [5.74, 6) is 0.519. The van der Waals surface area contributed by atoms with E-state index in [1.165, 1.54) is 0 Å². The minimum absolute atomic E-state index is 0.103. The molecule has 2 rings (SSSR count). The number of pyridine rings is 1. The van der Waals surface area contributed by atoms with Crippen molar-refractivity contribution in [3.63, 3.8) is 0 Å². The average molecular weight is 328 g/mol. The molecule has 24 heavy (non-hydrogen) atoms. The van der Waals surface area contributed by atoms with Gasteiger partial charge < -0.3 is 15.2 Å². The first-order valence-corrected chi connectivity index (χ1v) is 8.04. The Morgan fingerprint density at radius 2 is 1.83 bits per heavy atom. The molecule has 0 aliphatic carbocycles. The molecule has 1 aromatic heterocycles. The molecular formula is C19H24N2O3. The molecule has 0 spiro atoms. The predicted octanol–water partition coefficient (Wildman–Crippen LogP) is 2.95. The van der Waals surface area contributed by atoms with Crippen LogP contribution in [0.1, 0.15) is 47.3 Å². The number of nitrogens with one attached hydrogen (secondary N) is 1. The number of carbonyl (C=O) groups excluding carboxylic acids is 1. The number of aryl methyl sites for hydroxylation is 2. The van der Waals surface area contributed by atoms with Gasteiger partial charge in [-0.15, -0.1) is 0 Å². The molecule has 1 heterocycles. The van der Waals surface area contributed by atoms with E-state index in [0.29, 0.717) is 11.3 Å². The van der Waals surface area contributed by atoms with Crippen molar-refractivity contribution < 1.29 is 14.6 Å². The van der Waals surface area contributed by atoms with Gasteiger partial charge in [0.2, 0.25) is 0 Å². The fraction of sp³-hybridized carbons (Fsp3) is 0.368. The molecule has 0 fully saturated rings. The van der Waals surface area contributed by atoms with Gasteiger partial charge in [-0.1, -0.05) is 12.1 Å². The normalized spacial score (nSPS) is 12.1. The number of hydrogen-bond donors (Lipinski definition) is 2. The minimum Gasteiger partial charge on any atom is -0.491 e. The van der Waals surface area contributed by atoms with Crippen LogP contribution in [0.15, 0.2) is 36.4 Å². The molecule has 0 aliphatic rings. The van der Waals surface area contributed by atoms with Crippen LogP contribution in [0, 0.1) is 13.8 Å². The summed E-state index contributed by atoms with van der Waals surface area (Å²) < 4.78 is 5.57. The van der Waals surface area contributed by atoms with Gasteiger partial charge in [0.05, 0.1) is 23.5 Å². The van der Waals surface area contributed by atoms with Crippen LogP contribution in [0.25, 0.3) is 0 Å². The third kappa shape index (κ3) is 4.80. The van der Waals surface area contributed by atoms with Gasteiger partial charge in [0.1, 0.15) is 5.75 Å². The largest absolute Gasteiger partial charge is 0.491 e. The van der Waals surface area contributed by atoms with Crippen LogP contribution in [0.4, 0.5) is 0 Å². The summed E-state index contributed by atoms with van der Waals surface area (Å²) in [5.41, 5.74) is 2.80. The number of aromatic nitrogens is 1. The number of hydrogen-bond acceptors (Lipinski definition) is 4. The van der Waals surface area contributed by atoms with Crippen LogP contribution in [0.3, 0.4) is 0 Å². The summed E-state index contributed by atoms with van der Waals surface area (Å²) in [6.07, 6.45) is -0.674. The lowest BCUT2D eigenvalue weighted by Crippen LogP contribution is -2.29. The van der Waals surface area contributed by atoms with E-state index in [2.05, 4.69) is 10.3 Å².